The second-order valence-electron chi connectivity index (χ2n) is 3.23. The monoisotopic (exact) mass is 276 g/mol. The molecular formula is C10H14ClN2O3P. The van der Waals surface area contributed by atoms with Crippen LogP contribution in [0.25, 0.3) is 0 Å². The van der Waals surface area contributed by atoms with Gasteiger partial charge >= 0.3 is 0 Å². The summed E-state index contributed by atoms with van der Waals surface area (Å²) in [4.78, 5) is 11.8. The molecule has 7 heteroatoms. The Labute approximate surface area is 105 Å². The molecule has 0 aliphatic rings. The first-order valence-electron chi connectivity index (χ1n) is 4.94. The first-order chi connectivity index (χ1) is 8.21. The highest BCUT2D eigenvalue weighted by molar-refractivity contribution is 7.27. The number of halogens is 1. The van der Waals surface area contributed by atoms with Crippen LogP contribution < -0.4 is 11.3 Å². The van der Waals surface area contributed by atoms with Crippen LogP contribution in [-0.4, -0.2) is 18.4 Å². The van der Waals surface area contributed by atoms with Crippen LogP contribution in [0.15, 0.2) is 30.3 Å². The van der Waals surface area contributed by atoms with Crippen molar-refractivity contribution in [3.05, 3.63) is 35.9 Å². The smallest absolute Gasteiger partial charge is 0.277 e. The maximum absolute atomic E-state index is 11.8. The summed E-state index contributed by atoms with van der Waals surface area (Å²) in [5, 5.41) is -1.54. The molecule has 0 saturated carbocycles. The SMILES string of the molecule is NNC(=O)C(OCCCl)([PH2]=O)c1ccccc1. The van der Waals surface area contributed by atoms with Gasteiger partial charge in [0.25, 0.3) is 5.91 Å². The van der Waals surface area contributed by atoms with Crippen molar-refractivity contribution in [2.45, 2.75) is 5.34 Å². The Morgan fingerprint density at radius 3 is 2.59 bits per heavy atom. The van der Waals surface area contributed by atoms with Crippen molar-refractivity contribution in [2.75, 3.05) is 12.5 Å². The van der Waals surface area contributed by atoms with E-state index in [2.05, 4.69) is 0 Å². The number of amides is 1. The molecular weight excluding hydrogens is 263 g/mol. The Morgan fingerprint density at radius 2 is 2.12 bits per heavy atom. The van der Waals surface area contributed by atoms with E-state index < -0.39 is 19.7 Å². The number of carbonyl (C=O) groups is 1. The maximum atomic E-state index is 11.8. The number of benzene rings is 1. The average molecular weight is 277 g/mol. The van der Waals surface area contributed by atoms with Crippen molar-refractivity contribution in [3.63, 3.8) is 0 Å². The lowest BCUT2D eigenvalue weighted by atomic mass is 10.1. The van der Waals surface area contributed by atoms with E-state index in [1.54, 1.807) is 30.3 Å². The van der Waals surface area contributed by atoms with Crippen molar-refractivity contribution in [3.8, 4) is 0 Å². The molecule has 1 aromatic rings. The molecule has 1 rings (SSSR count). The normalized spacial score (nSPS) is 14.7. The molecule has 0 aliphatic carbocycles. The van der Waals surface area contributed by atoms with E-state index in [0.29, 0.717) is 5.56 Å². The van der Waals surface area contributed by atoms with Crippen LogP contribution in [0.4, 0.5) is 0 Å². The molecule has 2 unspecified atom stereocenters. The number of nitrogens with one attached hydrogen (secondary N) is 1. The summed E-state index contributed by atoms with van der Waals surface area (Å²) in [7, 11) is -1.55. The van der Waals surface area contributed by atoms with Crippen LogP contribution in [0, 0.1) is 0 Å². The van der Waals surface area contributed by atoms with Gasteiger partial charge in [0.15, 0.2) is 0 Å². The van der Waals surface area contributed by atoms with Crippen LogP contribution in [0.2, 0.25) is 0 Å². The average Bonchev–Trinajstić information content (AvgIpc) is 2.41. The fourth-order valence-corrected chi connectivity index (χ4v) is 2.21. The van der Waals surface area contributed by atoms with Gasteiger partial charge < -0.3 is 9.30 Å². The Hall–Kier alpha value is -0.870. The predicted molar refractivity (Wildman–Crippen MR) is 67.5 cm³/mol. The molecule has 5 nitrogen and oxygen atoms in total. The minimum atomic E-state index is -1.55. The summed E-state index contributed by atoms with van der Waals surface area (Å²) in [6.07, 6.45) is 0. The molecule has 17 heavy (non-hydrogen) atoms. The van der Waals surface area contributed by atoms with Gasteiger partial charge in [-0.1, -0.05) is 30.3 Å². The molecule has 94 valence electrons. The van der Waals surface area contributed by atoms with Crippen LogP contribution in [0.3, 0.4) is 0 Å². The standard InChI is InChI=1S/C10H14ClN2O3P/c11-6-7-16-10(17-15,9(14)13-12)8-4-2-1-3-5-8/h1-5H,6-7,12,17H2,(H,13,14). The van der Waals surface area contributed by atoms with Gasteiger partial charge in [-0.2, -0.15) is 0 Å². The Morgan fingerprint density at radius 1 is 1.47 bits per heavy atom. The van der Waals surface area contributed by atoms with Gasteiger partial charge in [-0.3, -0.25) is 10.2 Å². The van der Waals surface area contributed by atoms with Gasteiger partial charge in [0, 0.05) is 11.4 Å². The quantitative estimate of drug-likeness (QED) is 0.265. The van der Waals surface area contributed by atoms with Gasteiger partial charge in [0.1, 0.15) is 8.46 Å². The molecule has 0 spiro atoms. The number of hydrogen-bond donors (Lipinski definition) is 2. The minimum Gasteiger partial charge on any atom is -0.353 e. The summed E-state index contributed by atoms with van der Waals surface area (Å²) in [6, 6.07) is 8.57. The highest BCUT2D eigenvalue weighted by Gasteiger charge is 2.40. The molecule has 0 radical (unpaired) electrons. The lowest BCUT2D eigenvalue weighted by Crippen LogP contribution is -2.46. The third kappa shape index (κ3) is 3.07. The summed E-state index contributed by atoms with van der Waals surface area (Å²) < 4.78 is 16.8. The van der Waals surface area contributed by atoms with Crippen molar-refractivity contribution >= 4 is 26.0 Å². The molecule has 0 fully saturated rings. The molecule has 0 aliphatic heterocycles. The Kier molecular flexibility index (Phi) is 5.65. The Bertz CT molecular complexity index is 390. The minimum absolute atomic E-state index is 0.110. The summed E-state index contributed by atoms with van der Waals surface area (Å²) in [5.41, 5.74) is 2.48. The van der Waals surface area contributed by atoms with E-state index in [9.17, 15) is 9.36 Å². The molecule has 2 atom stereocenters. The van der Waals surface area contributed by atoms with Crippen molar-refractivity contribution in [1.29, 1.82) is 0 Å². The Balaban J connectivity index is 3.16. The third-order valence-electron chi connectivity index (χ3n) is 2.24. The number of hydrazine groups is 1. The topological polar surface area (TPSA) is 81.4 Å². The summed E-state index contributed by atoms with van der Waals surface area (Å²) in [5.74, 6) is 4.66. The maximum Gasteiger partial charge on any atom is 0.277 e. The van der Waals surface area contributed by atoms with Gasteiger partial charge in [-0.15, -0.1) is 11.6 Å². The van der Waals surface area contributed by atoms with Crippen LogP contribution in [-0.2, 0) is 19.4 Å². The number of ether oxygens (including phenoxy) is 1. The number of rotatable bonds is 6. The molecule has 0 saturated heterocycles. The summed E-state index contributed by atoms with van der Waals surface area (Å²) >= 11 is 5.52. The zero-order valence-electron chi connectivity index (χ0n) is 9.06. The lowest BCUT2D eigenvalue weighted by molar-refractivity contribution is -0.137. The second kappa shape index (κ2) is 6.77. The molecule has 3 N–H and O–H groups in total. The van der Waals surface area contributed by atoms with Crippen LogP contribution in [0.1, 0.15) is 5.56 Å². The highest BCUT2D eigenvalue weighted by Crippen LogP contribution is 2.36. The van der Waals surface area contributed by atoms with E-state index in [0.717, 1.165) is 0 Å². The van der Waals surface area contributed by atoms with Crippen molar-refractivity contribution in [1.82, 2.24) is 5.43 Å². The van der Waals surface area contributed by atoms with Gasteiger partial charge in [0.05, 0.1) is 6.61 Å². The first-order valence-corrected chi connectivity index (χ1v) is 6.52. The third-order valence-corrected chi connectivity index (χ3v) is 3.49. The molecule has 0 heterocycles. The molecule has 0 bridgehead atoms. The second-order valence-corrected chi connectivity index (χ2v) is 4.66. The zero-order chi connectivity index (χ0) is 12.7. The lowest BCUT2D eigenvalue weighted by Gasteiger charge is -2.26. The van der Waals surface area contributed by atoms with Crippen LogP contribution >= 0.6 is 20.1 Å². The van der Waals surface area contributed by atoms with Crippen molar-refractivity contribution < 1.29 is 14.1 Å². The first kappa shape index (κ1) is 14.2. The van der Waals surface area contributed by atoms with E-state index in [1.807, 2.05) is 5.43 Å². The summed E-state index contributed by atoms with van der Waals surface area (Å²) in [6.45, 7) is 0.110. The molecule has 1 aromatic carbocycles. The van der Waals surface area contributed by atoms with Gasteiger partial charge in [0.2, 0.25) is 5.34 Å². The van der Waals surface area contributed by atoms with E-state index >= 15 is 0 Å². The number of hydrogen-bond acceptors (Lipinski definition) is 4. The highest BCUT2D eigenvalue weighted by atomic mass is 35.5. The van der Waals surface area contributed by atoms with E-state index in [-0.39, 0.29) is 12.5 Å². The number of carbonyl (C=O) groups excluding carboxylic acids is 1. The van der Waals surface area contributed by atoms with Gasteiger partial charge in [-0.05, 0) is 0 Å². The fraction of sp³-hybridized carbons (Fsp3) is 0.300. The number of alkyl halides is 1. The van der Waals surface area contributed by atoms with Crippen LogP contribution in [0.5, 0.6) is 0 Å². The number of nitrogens with two attached hydrogens (primary N) is 1. The van der Waals surface area contributed by atoms with Gasteiger partial charge in [-0.25, -0.2) is 5.84 Å². The predicted octanol–water partition coefficient (Wildman–Crippen LogP) is 0.841. The molecule has 0 aromatic heterocycles. The largest absolute Gasteiger partial charge is 0.353 e. The van der Waals surface area contributed by atoms with Crippen molar-refractivity contribution in [2.24, 2.45) is 5.84 Å². The fourth-order valence-electron chi connectivity index (χ4n) is 1.43. The zero-order valence-corrected chi connectivity index (χ0v) is 11.0. The van der Waals surface area contributed by atoms with E-state index in [1.165, 1.54) is 0 Å². The van der Waals surface area contributed by atoms with E-state index in [4.69, 9.17) is 22.2 Å². The molecule has 1 amide bonds.